The van der Waals surface area contributed by atoms with Gasteiger partial charge in [0.1, 0.15) is 5.04 Å². The van der Waals surface area contributed by atoms with E-state index < -0.39 is 12.2 Å². The van der Waals surface area contributed by atoms with Crippen LogP contribution in [0.3, 0.4) is 0 Å². The normalized spacial score (nSPS) is 9.50. The number of carboxylic acid groups (broad SMARTS) is 1. The van der Waals surface area contributed by atoms with Crippen LogP contribution in [0.5, 0.6) is 0 Å². The minimum absolute atomic E-state index is 0.548. The maximum Gasteiger partial charge on any atom is 0.433 e. The van der Waals surface area contributed by atoms with Crippen molar-refractivity contribution >= 4 is 29.0 Å². The molecule has 0 unspecified atom stereocenters. The van der Waals surface area contributed by atoms with Gasteiger partial charge in [-0.2, -0.15) is 0 Å². The van der Waals surface area contributed by atoms with Gasteiger partial charge in [0.05, 0.1) is 0 Å². The fourth-order valence-electron chi connectivity index (χ4n) is 0.189. The van der Waals surface area contributed by atoms with Crippen LogP contribution in [0.4, 0.5) is 9.59 Å². The molecule has 0 aromatic rings. The van der Waals surface area contributed by atoms with E-state index in [2.05, 4.69) is 21.0 Å². The molecule has 0 saturated heterocycles. The fraction of sp³-hybridized carbons (Fsp3) is 0.500. The minimum Gasteiger partial charge on any atom is -0.465 e. The van der Waals surface area contributed by atoms with Gasteiger partial charge >= 0.3 is 12.2 Å². The van der Waals surface area contributed by atoms with Crippen molar-refractivity contribution in [1.29, 1.82) is 0 Å². The molecule has 0 spiro atoms. The van der Waals surface area contributed by atoms with E-state index in [1.54, 1.807) is 6.92 Å². The van der Waals surface area contributed by atoms with Gasteiger partial charge in [-0.05, 0) is 13.2 Å². The number of thioether (sulfide) groups is 1. The van der Waals surface area contributed by atoms with Crippen LogP contribution in [0.15, 0.2) is 5.16 Å². The van der Waals surface area contributed by atoms with Crippen LogP contribution in [0, 0.1) is 0 Å². The van der Waals surface area contributed by atoms with Crippen molar-refractivity contribution in [3.05, 3.63) is 0 Å². The van der Waals surface area contributed by atoms with E-state index in [0.29, 0.717) is 5.04 Å². The number of hydrogen-bond acceptors (Lipinski definition) is 5. The van der Waals surface area contributed by atoms with Crippen molar-refractivity contribution in [3.63, 3.8) is 0 Å². The Morgan fingerprint density at radius 1 is 1.57 bits per heavy atom. The molecule has 0 aliphatic rings. The van der Waals surface area contributed by atoms with Crippen molar-refractivity contribution in [2.45, 2.75) is 6.92 Å². The van der Waals surface area contributed by atoms with Crippen molar-refractivity contribution < 1.29 is 19.5 Å². The zero-order valence-electron chi connectivity index (χ0n) is 8.10. The summed E-state index contributed by atoms with van der Waals surface area (Å²) in [4.78, 5) is 23.5. The predicted octanol–water partition coefficient (Wildman–Crippen LogP) is 0.662. The third kappa shape index (κ3) is 16.9. The predicted molar refractivity (Wildman–Crippen MR) is 54.4 cm³/mol. The number of nitrogens with two attached hydrogens (primary N) is 1. The van der Waals surface area contributed by atoms with E-state index in [1.807, 2.05) is 6.26 Å². The standard InChI is InChI=1S/C5H10N2O2S.CH3NO2/c1-4(10-3)7-9-5(8)6-2;2-1(3)4/h1-3H3,(H,6,8);2H2,(H,3,4)/b7-4+;. The highest BCUT2D eigenvalue weighted by atomic mass is 32.2. The second-order valence-corrected chi connectivity index (χ2v) is 2.78. The van der Waals surface area contributed by atoms with Crippen LogP contribution in [0.25, 0.3) is 0 Å². The molecule has 0 heterocycles. The first-order valence-electron chi connectivity index (χ1n) is 3.39. The first-order chi connectivity index (χ1) is 6.43. The molecule has 0 aliphatic heterocycles. The summed E-state index contributed by atoms with van der Waals surface area (Å²) in [5, 5.41) is 13.7. The highest BCUT2D eigenvalue weighted by molar-refractivity contribution is 8.13. The lowest BCUT2D eigenvalue weighted by Gasteiger charge is -1.95. The van der Waals surface area contributed by atoms with Gasteiger partial charge in [-0.15, -0.1) is 11.8 Å². The van der Waals surface area contributed by atoms with Gasteiger partial charge in [0.25, 0.3) is 0 Å². The Morgan fingerprint density at radius 3 is 2.29 bits per heavy atom. The van der Waals surface area contributed by atoms with E-state index in [4.69, 9.17) is 9.90 Å². The maximum absolute atomic E-state index is 10.4. The van der Waals surface area contributed by atoms with Crippen LogP contribution in [0.2, 0.25) is 0 Å². The molecule has 0 rings (SSSR count). The Labute approximate surface area is 85.7 Å². The molecular formula is C6H13N3O4S. The number of primary amides is 1. The van der Waals surface area contributed by atoms with Crippen molar-refractivity contribution in [1.82, 2.24) is 5.32 Å². The minimum atomic E-state index is -1.33. The van der Waals surface area contributed by atoms with Crippen LogP contribution >= 0.6 is 11.8 Å². The van der Waals surface area contributed by atoms with E-state index in [9.17, 15) is 4.79 Å². The van der Waals surface area contributed by atoms with Gasteiger partial charge in [0.15, 0.2) is 0 Å². The zero-order valence-corrected chi connectivity index (χ0v) is 8.92. The molecule has 14 heavy (non-hydrogen) atoms. The van der Waals surface area contributed by atoms with Gasteiger partial charge in [0.2, 0.25) is 0 Å². The topological polar surface area (TPSA) is 114 Å². The van der Waals surface area contributed by atoms with E-state index in [0.717, 1.165) is 0 Å². The summed E-state index contributed by atoms with van der Waals surface area (Å²) in [5.74, 6) is 0. The number of nitrogens with one attached hydrogen (secondary N) is 1. The molecule has 2 amide bonds. The second kappa shape index (κ2) is 9.65. The Morgan fingerprint density at radius 2 is 2.00 bits per heavy atom. The molecule has 0 saturated carbocycles. The number of rotatable bonds is 1. The van der Waals surface area contributed by atoms with Gasteiger partial charge in [-0.25, -0.2) is 9.59 Å². The van der Waals surface area contributed by atoms with Crippen molar-refractivity contribution in [3.8, 4) is 0 Å². The lowest BCUT2D eigenvalue weighted by atomic mass is 10.9. The molecule has 82 valence electrons. The number of carbonyl (C=O) groups excluding carboxylic acids is 1. The van der Waals surface area contributed by atoms with Gasteiger partial charge in [-0.1, -0.05) is 5.16 Å². The first-order valence-corrected chi connectivity index (χ1v) is 4.62. The summed E-state index contributed by atoms with van der Waals surface area (Å²) < 4.78 is 0. The highest BCUT2D eigenvalue weighted by Gasteiger charge is 1.94. The zero-order chi connectivity index (χ0) is 11.6. The average molecular weight is 223 g/mol. The van der Waals surface area contributed by atoms with Crippen LogP contribution < -0.4 is 11.1 Å². The Kier molecular flexibility index (Phi) is 10.4. The van der Waals surface area contributed by atoms with Crippen molar-refractivity contribution in [2.75, 3.05) is 13.3 Å². The summed E-state index contributed by atoms with van der Waals surface area (Å²) in [6.07, 6.45) is -0.0279. The summed E-state index contributed by atoms with van der Waals surface area (Å²) in [5.41, 5.74) is 4.03. The Hall–Kier alpha value is -1.44. The second-order valence-electron chi connectivity index (χ2n) is 1.78. The number of hydrogen-bond donors (Lipinski definition) is 3. The molecular weight excluding hydrogens is 210 g/mol. The third-order valence-corrected chi connectivity index (χ3v) is 1.42. The molecule has 8 heteroatoms. The number of amides is 2. The molecule has 0 aromatic heterocycles. The van der Waals surface area contributed by atoms with Crippen molar-refractivity contribution in [2.24, 2.45) is 10.9 Å². The number of nitrogens with zero attached hydrogens (tertiary/aromatic N) is 1. The summed E-state index contributed by atoms with van der Waals surface area (Å²) in [6, 6.07) is 0. The SMILES string of the molecule is CNC(=O)O/N=C(\C)SC.NC(=O)O. The molecule has 0 fully saturated rings. The van der Waals surface area contributed by atoms with Crippen LogP contribution in [0.1, 0.15) is 6.92 Å². The van der Waals surface area contributed by atoms with Gasteiger partial charge in [0, 0.05) is 7.05 Å². The summed E-state index contributed by atoms with van der Waals surface area (Å²) in [6.45, 7) is 1.76. The molecule has 0 aromatic carbocycles. The number of oxime groups is 1. The molecule has 7 nitrogen and oxygen atoms in total. The lowest BCUT2D eigenvalue weighted by molar-refractivity contribution is 0.153. The van der Waals surface area contributed by atoms with Gasteiger partial charge < -0.3 is 16.2 Å². The lowest BCUT2D eigenvalue weighted by Crippen LogP contribution is -2.16. The largest absolute Gasteiger partial charge is 0.465 e. The quantitative estimate of drug-likeness (QED) is 0.261. The fourth-order valence-corrected chi connectivity index (χ4v) is 0.300. The smallest absolute Gasteiger partial charge is 0.433 e. The monoisotopic (exact) mass is 223 g/mol. The van der Waals surface area contributed by atoms with Gasteiger partial charge in [-0.3, -0.25) is 4.84 Å². The summed E-state index contributed by atoms with van der Waals surface area (Å²) in [7, 11) is 1.48. The average Bonchev–Trinajstić information content (AvgIpc) is 2.12. The third-order valence-electron chi connectivity index (χ3n) is 0.757. The highest BCUT2D eigenvalue weighted by Crippen LogP contribution is 1.96. The summed E-state index contributed by atoms with van der Waals surface area (Å²) >= 11 is 1.42. The van der Waals surface area contributed by atoms with E-state index in [-0.39, 0.29) is 0 Å². The van der Waals surface area contributed by atoms with E-state index >= 15 is 0 Å². The van der Waals surface area contributed by atoms with E-state index in [1.165, 1.54) is 18.8 Å². The molecule has 0 aliphatic carbocycles. The maximum atomic E-state index is 10.4. The first kappa shape index (κ1) is 15.1. The molecule has 4 N–H and O–H groups in total. The Balaban J connectivity index is 0. The molecule has 0 atom stereocenters. The molecule has 0 bridgehead atoms. The number of carbonyl (C=O) groups is 2. The molecule has 0 radical (unpaired) electrons. The Bertz CT molecular complexity index is 215. The van der Waals surface area contributed by atoms with Crippen LogP contribution in [-0.2, 0) is 4.84 Å². The van der Waals surface area contributed by atoms with Crippen LogP contribution in [-0.4, -0.2) is 35.6 Å².